The molecule has 5 heteroatoms. The molecule has 1 aromatic carbocycles. The van der Waals surface area contributed by atoms with Crippen molar-refractivity contribution in [1.82, 2.24) is 4.90 Å². The van der Waals surface area contributed by atoms with Crippen LogP contribution < -0.4 is 0 Å². The number of hydrogen-bond donors (Lipinski definition) is 1. The number of hydrogen-bond acceptors (Lipinski definition) is 3. The number of carbonyl (C=O) groups is 2. The first-order chi connectivity index (χ1) is 11.6. The molecule has 130 valence electrons. The quantitative estimate of drug-likeness (QED) is 0.916. The van der Waals surface area contributed by atoms with E-state index in [1.54, 1.807) is 4.90 Å². The zero-order valence-electron chi connectivity index (χ0n) is 13.9. The first-order valence-electron chi connectivity index (χ1n) is 8.83. The van der Waals surface area contributed by atoms with Gasteiger partial charge in [0, 0.05) is 13.1 Å². The summed E-state index contributed by atoms with van der Waals surface area (Å²) in [6.07, 6.45) is 5.35. The van der Waals surface area contributed by atoms with Gasteiger partial charge in [0.2, 0.25) is 0 Å². The number of likely N-dealkylation sites (tertiary alicyclic amines) is 1. The molecule has 5 nitrogen and oxygen atoms in total. The van der Waals surface area contributed by atoms with E-state index < -0.39 is 18.0 Å². The van der Waals surface area contributed by atoms with Crippen molar-refractivity contribution < 1.29 is 19.4 Å². The van der Waals surface area contributed by atoms with E-state index >= 15 is 0 Å². The van der Waals surface area contributed by atoms with Gasteiger partial charge in [-0.25, -0.2) is 4.79 Å². The van der Waals surface area contributed by atoms with E-state index in [-0.39, 0.29) is 19.1 Å². The maximum atomic E-state index is 12.3. The summed E-state index contributed by atoms with van der Waals surface area (Å²) in [5.74, 6) is -0.764. The van der Waals surface area contributed by atoms with Crippen LogP contribution in [0.15, 0.2) is 30.3 Å². The third-order valence-corrected chi connectivity index (χ3v) is 5.40. The molecule has 2 aliphatic rings. The number of carboxylic acid groups (broad SMARTS) is 1. The molecule has 1 N–H and O–H groups in total. The Morgan fingerprint density at radius 1 is 1.08 bits per heavy atom. The summed E-state index contributed by atoms with van der Waals surface area (Å²) in [7, 11) is 0. The molecule has 1 aliphatic heterocycles. The number of aliphatic carboxylic acids is 1. The van der Waals surface area contributed by atoms with E-state index in [1.807, 2.05) is 30.3 Å². The summed E-state index contributed by atoms with van der Waals surface area (Å²) in [6, 6.07) is 9.53. The summed E-state index contributed by atoms with van der Waals surface area (Å²) in [5.41, 5.74) is 0.934. The summed E-state index contributed by atoms with van der Waals surface area (Å²) < 4.78 is 5.37. The van der Waals surface area contributed by atoms with Gasteiger partial charge in [-0.2, -0.15) is 0 Å². The number of carbonyl (C=O) groups excluding carboxylic acids is 1. The van der Waals surface area contributed by atoms with Crippen LogP contribution in [-0.4, -0.2) is 35.2 Å². The molecule has 0 spiro atoms. The average molecular weight is 331 g/mol. The Bertz CT molecular complexity index is 568. The minimum atomic E-state index is -0.788. The highest BCUT2D eigenvalue weighted by Gasteiger charge is 2.44. The van der Waals surface area contributed by atoms with Crippen LogP contribution in [0.1, 0.15) is 37.7 Å². The fourth-order valence-electron chi connectivity index (χ4n) is 4.09. The van der Waals surface area contributed by atoms with E-state index in [4.69, 9.17) is 4.74 Å². The number of benzene rings is 1. The van der Waals surface area contributed by atoms with Crippen LogP contribution in [0, 0.1) is 17.8 Å². The molecule has 2 atom stereocenters. The van der Waals surface area contributed by atoms with Crippen LogP contribution in [0.3, 0.4) is 0 Å². The highest BCUT2D eigenvalue weighted by Crippen LogP contribution is 2.38. The van der Waals surface area contributed by atoms with Gasteiger partial charge in [0.05, 0.1) is 5.92 Å². The predicted molar refractivity (Wildman–Crippen MR) is 89.4 cm³/mol. The van der Waals surface area contributed by atoms with Crippen LogP contribution in [-0.2, 0) is 16.1 Å². The van der Waals surface area contributed by atoms with Crippen LogP contribution in [0.4, 0.5) is 4.79 Å². The Labute approximate surface area is 142 Å². The Balaban J connectivity index is 1.59. The molecule has 3 rings (SSSR count). The monoisotopic (exact) mass is 331 g/mol. The van der Waals surface area contributed by atoms with Crippen molar-refractivity contribution in [2.75, 3.05) is 13.1 Å². The van der Waals surface area contributed by atoms with Gasteiger partial charge in [-0.1, -0.05) is 62.4 Å². The number of nitrogens with zero attached hydrogens (tertiary/aromatic N) is 1. The van der Waals surface area contributed by atoms with Gasteiger partial charge >= 0.3 is 12.1 Å². The Morgan fingerprint density at radius 3 is 2.46 bits per heavy atom. The number of carboxylic acids is 1. The fourth-order valence-corrected chi connectivity index (χ4v) is 4.09. The molecule has 2 unspecified atom stereocenters. The first-order valence-corrected chi connectivity index (χ1v) is 8.83. The maximum Gasteiger partial charge on any atom is 0.410 e. The first kappa shape index (κ1) is 16.8. The van der Waals surface area contributed by atoms with Gasteiger partial charge < -0.3 is 14.7 Å². The van der Waals surface area contributed by atoms with Gasteiger partial charge in [0.25, 0.3) is 0 Å². The second kappa shape index (κ2) is 7.69. The SMILES string of the molecule is O=C(O)C1CN(C(=O)OCc2ccccc2)CC1C1CCCCC1. The summed E-state index contributed by atoms with van der Waals surface area (Å²) in [4.78, 5) is 25.5. The molecule has 1 heterocycles. The molecule has 1 aromatic rings. The molecular weight excluding hydrogens is 306 g/mol. The van der Waals surface area contributed by atoms with Gasteiger partial charge in [0.1, 0.15) is 6.61 Å². The zero-order chi connectivity index (χ0) is 16.9. The highest BCUT2D eigenvalue weighted by molar-refractivity contribution is 5.74. The topological polar surface area (TPSA) is 66.8 Å². The third kappa shape index (κ3) is 3.89. The zero-order valence-corrected chi connectivity index (χ0v) is 13.9. The Morgan fingerprint density at radius 2 is 1.79 bits per heavy atom. The average Bonchev–Trinajstić information content (AvgIpc) is 3.07. The molecule has 2 fully saturated rings. The Hall–Kier alpha value is -2.04. The second-order valence-electron chi connectivity index (χ2n) is 6.95. The van der Waals surface area contributed by atoms with Crippen LogP contribution in [0.5, 0.6) is 0 Å². The molecule has 0 radical (unpaired) electrons. The smallest absolute Gasteiger partial charge is 0.410 e. The van der Waals surface area contributed by atoms with Crippen molar-refractivity contribution in [2.45, 2.75) is 38.7 Å². The number of amides is 1. The van der Waals surface area contributed by atoms with Crippen molar-refractivity contribution in [1.29, 1.82) is 0 Å². The molecule has 1 aliphatic carbocycles. The molecule has 0 bridgehead atoms. The van der Waals surface area contributed by atoms with E-state index in [0.29, 0.717) is 12.5 Å². The van der Waals surface area contributed by atoms with Gasteiger partial charge in [-0.15, -0.1) is 0 Å². The van der Waals surface area contributed by atoms with Crippen molar-refractivity contribution in [2.24, 2.45) is 17.8 Å². The van der Waals surface area contributed by atoms with Crippen molar-refractivity contribution in [3.05, 3.63) is 35.9 Å². The lowest BCUT2D eigenvalue weighted by Crippen LogP contribution is -2.30. The van der Waals surface area contributed by atoms with Crippen LogP contribution in [0.25, 0.3) is 0 Å². The van der Waals surface area contributed by atoms with E-state index in [2.05, 4.69) is 0 Å². The van der Waals surface area contributed by atoms with Gasteiger partial charge in [-0.05, 0) is 17.4 Å². The minimum absolute atomic E-state index is 0.0621. The number of ether oxygens (including phenoxy) is 1. The highest BCUT2D eigenvalue weighted by atomic mass is 16.6. The number of rotatable bonds is 4. The lowest BCUT2D eigenvalue weighted by Gasteiger charge is -2.29. The normalized spacial score (nSPS) is 24.8. The molecule has 0 aromatic heterocycles. The molecule has 1 saturated carbocycles. The molecular formula is C19H25NO4. The minimum Gasteiger partial charge on any atom is -0.481 e. The largest absolute Gasteiger partial charge is 0.481 e. The van der Waals surface area contributed by atoms with Crippen molar-refractivity contribution in [3.8, 4) is 0 Å². The summed E-state index contributed by atoms with van der Waals surface area (Å²) >= 11 is 0. The van der Waals surface area contributed by atoms with Gasteiger partial charge in [0.15, 0.2) is 0 Å². The van der Waals surface area contributed by atoms with Gasteiger partial charge in [-0.3, -0.25) is 4.79 Å². The maximum absolute atomic E-state index is 12.3. The fraction of sp³-hybridized carbons (Fsp3) is 0.579. The van der Waals surface area contributed by atoms with E-state index in [0.717, 1.165) is 18.4 Å². The van der Waals surface area contributed by atoms with Crippen molar-refractivity contribution in [3.63, 3.8) is 0 Å². The molecule has 1 amide bonds. The second-order valence-corrected chi connectivity index (χ2v) is 6.95. The standard InChI is InChI=1S/C19H25NO4/c21-18(22)17-12-20(11-16(17)15-9-5-2-6-10-15)19(23)24-13-14-7-3-1-4-8-14/h1,3-4,7-8,15-17H,2,5-6,9-13H2,(H,21,22). The van der Waals surface area contributed by atoms with Crippen LogP contribution >= 0.6 is 0 Å². The lowest BCUT2D eigenvalue weighted by atomic mass is 9.75. The predicted octanol–water partition coefficient (Wildman–Crippen LogP) is 3.54. The Kier molecular flexibility index (Phi) is 5.38. The van der Waals surface area contributed by atoms with Crippen LogP contribution in [0.2, 0.25) is 0 Å². The third-order valence-electron chi connectivity index (χ3n) is 5.40. The molecule has 24 heavy (non-hydrogen) atoms. The van der Waals surface area contributed by atoms with E-state index in [1.165, 1.54) is 19.3 Å². The van der Waals surface area contributed by atoms with E-state index in [9.17, 15) is 14.7 Å². The van der Waals surface area contributed by atoms with Crippen molar-refractivity contribution >= 4 is 12.1 Å². The molecule has 1 saturated heterocycles. The summed E-state index contributed by atoms with van der Waals surface area (Å²) in [6.45, 7) is 1.00. The summed E-state index contributed by atoms with van der Waals surface area (Å²) in [5, 5.41) is 9.54. The lowest BCUT2D eigenvalue weighted by molar-refractivity contribution is -0.143.